The van der Waals surface area contributed by atoms with Crippen LogP contribution in [0.25, 0.3) is 16.0 Å². The molecule has 2 heterocycles. The zero-order chi connectivity index (χ0) is 19.8. The highest BCUT2D eigenvalue weighted by molar-refractivity contribution is 7.73. The molecule has 0 N–H and O–H groups in total. The first-order valence-corrected chi connectivity index (χ1v) is 10.0. The molecule has 4 aromatic rings. The summed E-state index contributed by atoms with van der Waals surface area (Å²) < 4.78 is 3.98. The van der Waals surface area contributed by atoms with Crippen LogP contribution in [0.4, 0.5) is 0 Å². The van der Waals surface area contributed by atoms with Crippen molar-refractivity contribution in [2.24, 2.45) is 0 Å². The fraction of sp³-hybridized carbons (Fsp3) is 0.100. The molecule has 0 bridgehead atoms. The van der Waals surface area contributed by atoms with Gasteiger partial charge >= 0.3 is 0 Å². The van der Waals surface area contributed by atoms with Crippen molar-refractivity contribution in [3.05, 3.63) is 85.3 Å². The molecule has 4 rings (SSSR count). The SMILES string of the molecule is Cc1ccc(C(=O)Cn2cnc3c(sc(=S)n3-c3ccc(Cl)cc3)c2=O)cc1. The van der Waals surface area contributed by atoms with Crippen LogP contribution in [0, 0.1) is 10.9 Å². The summed E-state index contributed by atoms with van der Waals surface area (Å²) in [6.07, 6.45) is 1.39. The van der Waals surface area contributed by atoms with E-state index in [2.05, 4.69) is 4.98 Å². The maximum Gasteiger partial charge on any atom is 0.273 e. The van der Waals surface area contributed by atoms with E-state index in [1.54, 1.807) is 28.8 Å². The lowest BCUT2D eigenvalue weighted by Crippen LogP contribution is -2.24. The van der Waals surface area contributed by atoms with Gasteiger partial charge < -0.3 is 0 Å². The molecule has 2 aromatic heterocycles. The van der Waals surface area contributed by atoms with Gasteiger partial charge in [0.25, 0.3) is 5.56 Å². The summed E-state index contributed by atoms with van der Waals surface area (Å²) in [4.78, 5) is 29.8. The smallest absolute Gasteiger partial charge is 0.273 e. The van der Waals surface area contributed by atoms with Gasteiger partial charge in [-0.25, -0.2) is 4.98 Å². The van der Waals surface area contributed by atoms with E-state index >= 15 is 0 Å². The summed E-state index contributed by atoms with van der Waals surface area (Å²) in [5.41, 5.74) is 2.60. The summed E-state index contributed by atoms with van der Waals surface area (Å²) in [6, 6.07) is 14.4. The minimum Gasteiger partial charge on any atom is -0.292 e. The second kappa shape index (κ2) is 7.43. The Morgan fingerprint density at radius 2 is 1.82 bits per heavy atom. The summed E-state index contributed by atoms with van der Waals surface area (Å²) in [6.45, 7) is 1.88. The van der Waals surface area contributed by atoms with E-state index in [1.165, 1.54) is 22.2 Å². The number of aryl methyl sites for hydroxylation is 1. The predicted molar refractivity (Wildman–Crippen MR) is 115 cm³/mol. The number of benzene rings is 2. The molecule has 0 saturated carbocycles. The maximum atomic E-state index is 12.9. The molecule has 0 aliphatic rings. The predicted octanol–water partition coefficient (Wildman–Crippen LogP) is 4.82. The van der Waals surface area contributed by atoms with E-state index in [9.17, 15) is 9.59 Å². The van der Waals surface area contributed by atoms with Crippen molar-refractivity contribution in [2.75, 3.05) is 0 Å². The highest BCUT2D eigenvalue weighted by Crippen LogP contribution is 2.23. The zero-order valence-electron chi connectivity index (χ0n) is 14.8. The number of nitrogens with zero attached hydrogens (tertiary/aromatic N) is 3. The monoisotopic (exact) mass is 427 g/mol. The van der Waals surface area contributed by atoms with E-state index in [0.717, 1.165) is 11.3 Å². The van der Waals surface area contributed by atoms with Crippen LogP contribution >= 0.6 is 35.2 Å². The molecular formula is C20H14ClN3O2S2. The molecule has 5 nitrogen and oxygen atoms in total. The normalized spacial score (nSPS) is 11.1. The fourth-order valence-corrected chi connectivity index (χ4v) is 4.31. The second-order valence-electron chi connectivity index (χ2n) is 6.30. The molecular weight excluding hydrogens is 414 g/mol. The van der Waals surface area contributed by atoms with Crippen molar-refractivity contribution in [2.45, 2.75) is 13.5 Å². The molecule has 140 valence electrons. The number of ketones is 1. The quantitative estimate of drug-likeness (QED) is 0.346. The Bertz CT molecular complexity index is 1300. The van der Waals surface area contributed by atoms with Crippen molar-refractivity contribution in [1.82, 2.24) is 14.1 Å². The molecule has 2 aromatic carbocycles. The number of aromatic nitrogens is 3. The topological polar surface area (TPSA) is 56.9 Å². The van der Waals surface area contributed by atoms with Gasteiger partial charge in [-0.1, -0.05) is 52.8 Å². The van der Waals surface area contributed by atoms with Gasteiger partial charge in [-0.15, -0.1) is 0 Å². The Morgan fingerprint density at radius 1 is 1.14 bits per heavy atom. The van der Waals surface area contributed by atoms with Crippen LogP contribution in [0.5, 0.6) is 0 Å². The summed E-state index contributed by atoms with van der Waals surface area (Å²) >= 11 is 12.6. The molecule has 0 aliphatic carbocycles. The van der Waals surface area contributed by atoms with Gasteiger partial charge in [-0.05, 0) is 43.4 Å². The second-order valence-corrected chi connectivity index (χ2v) is 8.38. The lowest BCUT2D eigenvalue weighted by Gasteiger charge is -2.07. The van der Waals surface area contributed by atoms with Crippen LogP contribution in [0.2, 0.25) is 5.02 Å². The van der Waals surface area contributed by atoms with Crippen molar-refractivity contribution in [1.29, 1.82) is 0 Å². The molecule has 8 heteroatoms. The Balaban J connectivity index is 1.75. The van der Waals surface area contributed by atoms with Crippen LogP contribution < -0.4 is 5.56 Å². The highest BCUT2D eigenvalue weighted by atomic mass is 35.5. The van der Waals surface area contributed by atoms with E-state index in [4.69, 9.17) is 23.8 Å². The van der Waals surface area contributed by atoms with Crippen LogP contribution in [0.3, 0.4) is 0 Å². The van der Waals surface area contributed by atoms with Crippen molar-refractivity contribution in [3.8, 4) is 5.69 Å². The molecule has 0 fully saturated rings. The average Bonchev–Trinajstić information content (AvgIpc) is 3.02. The van der Waals surface area contributed by atoms with E-state index < -0.39 is 0 Å². The Kier molecular flexibility index (Phi) is 4.97. The Labute approximate surface area is 174 Å². The standard InChI is InChI=1S/C20H14ClN3O2S2/c1-12-2-4-13(5-3-12)16(25)10-23-11-22-18-17(19(23)26)28-20(27)24(18)15-8-6-14(21)7-9-15/h2-9,11H,10H2,1H3. The first-order chi connectivity index (χ1) is 13.4. The maximum absolute atomic E-state index is 12.9. The van der Waals surface area contributed by atoms with Gasteiger partial charge in [0.1, 0.15) is 11.0 Å². The van der Waals surface area contributed by atoms with Gasteiger partial charge in [0.2, 0.25) is 0 Å². The third-order valence-corrected chi connectivity index (χ3v) is 5.94. The number of Topliss-reactive ketones (excluding diaryl/α,β-unsaturated/α-hetero) is 1. The Hall–Kier alpha value is -2.61. The minimum atomic E-state index is -0.283. The summed E-state index contributed by atoms with van der Waals surface area (Å²) in [5, 5.41) is 0.611. The average molecular weight is 428 g/mol. The minimum absolute atomic E-state index is 0.0730. The molecule has 0 amide bonds. The van der Waals surface area contributed by atoms with Crippen LogP contribution in [-0.4, -0.2) is 19.9 Å². The van der Waals surface area contributed by atoms with Crippen LogP contribution in [0.15, 0.2) is 59.7 Å². The largest absolute Gasteiger partial charge is 0.292 e. The number of carbonyl (C=O) groups excluding carboxylic acids is 1. The Morgan fingerprint density at radius 3 is 2.50 bits per heavy atom. The lowest BCUT2D eigenvalue weighted by atomic mass is 10.1. The van der Waals surface area contributed by atoms with Gasteiger partial charge in [0.05, 0.1) is 6.54 Å². The third kappa shape index (κ3) is 3.44. The number of rotatable bonds is 4. The first-order valence-electron chi connectivity index (χ1n) is 8.41. The zero-order valence-corrected chi connectivity index (χ0v) is 17.1. The van der Waals surface area contributed by atoms with Crippen molar-refractivity contribution in [3.63, 3.8) is 0 Å². The summed E-state index contributed by atoms with van der Waals surface area (Å²) in [7, 11) is 0. The van der Waals surface area contributed by atoms with Gasteiger partial charge in [0.15, 0.2) is 15.4 Å². The molecule has 0 unspecified atom stereocenters. The number of fused-ring (bicyclic) bond motifs is 1. The molecule has 28 heavy (non-hydrogen) atoms. The van der Waals surface area contributed by atoms with Gasteiger partial charge in [0, 0.05) is 16.3 Å². The molecule has 0 saturated heterocycles. The molecule has 0 aliphatic heterocycles. The number of hydrogen-bond acceptors (Lipinski definition) is 5. The van der Waals surface area contributed by atoms with Crippen molar-refractivity contribution >= 4 is 51.3 Å². The number of thiazole rings is 1. The number of hydrogen-bond donors (Lipinski definition) is 0. The van der Waals surface area contributed by atoms with E-state index in [-0.39, 0.29) is 17.9 Å². The number of halogens is 1. The third-order valence-electron chi connectivity index (χ3n) is 4.33. The van der Waals surface area contributed by atoms with Gasteiger partial charge in [-0.3, -0.25) is 18.7 Å². The summed E-state index contributed by atoms with van der Waals surface area (Å²) in [5.74, 6) is -0.149. The lowest BCUT2D eigenvalue weighted by molar-refractivity contribution is 0.0970. The molecule has 0 radical (unpaired) electrons. The van der Waals surface area contributed by atoms with Crippen LogP contribution in [-0.2, 0) is 6.54 Å². The van der Waals surface area contributed by atoms with Gasteiger partial charge in [-0.2, -0.15) is 0 Å². The van der Waals surface area contributed by atoms with Crippen LogP contribution in [0.1, 0.15) is 15.9 Å². The molecule has 0 atom stereocenters. The molecule has 0 spiro atoms. The fourth-order valence-electron chi connectivity index (χ4n) is 2.85. The van der Waals surface area contributed by atoms with Crippen molar-refractivity contribution < 1.29 is 4.79 Å². The highest BCUT2D eigenvalue weighted by Gasteiger charge is 2.15. The number of carbonyl (C=O) groups is 1. The first kappa shape index (κ1) is 18.7. The van der Waals surface area contributed by atoms with E-state index in [0.29, 0.717) is 24.9 Å². The van der Waals surface area contributed by atoms with E-state index in [1.807, 2.05) is 31.2 Å².